The van der Waals surface area contributed by atoms with Crippen molar-refractivity contribution in [2.24, 2.45) is 11.8 Å². The fourth-order valence-corrected chi connectivity index (χ4v) is 4.70. The lowest BCUT2D eigenvalue weighted by molar-refractivity contribution is 0.182. The Morgan fingerprint density at radius 1 is 1.07 bits per heavy atom. The number of anilines is 2. The number of halogens is 1. The highest BCUT2D eigenvalue weighted by atomic mass is 35.5. The Morgan fingerprint density at radius 3 is 2.70 bits per heavy atom. The molecule has 0 saturated carbocycles. The van der Waals surface area contributed by atoms with Gasteiger partial charge in [-0.3, -0.25) is 4.90 Å². The summed E-state index contributed by atoms with van der Waals surface area (Å²) >= 11 is 6.31. The van der Waals surface area contributed by atoms with Crippen LogP contribution >= 0.6 is 11.6 Å². The van der Waals surface area contributed by atoms with E-state index in [2.05, 4.69) is 37.2 Å². The Hall–Kier alpha value is -1.89. The SMILES string of the molecule is OCC1CCCN(c2cc(NCC3CCN(Cc4ccccc4Cl)CC3)ncn2)C1. The van der Waals surface area contributed by atoms with Crippen LogP contribution in [0.25, 0.3) is 0 Å². The van der Waals surface area contributed by atoms with Gasteiger partial charge < -0.3 is 15.3 Å². The van der Waals surface area contributed by atoms with Crippen molar-refractivity contribution in [2.45, 2.75) is 32.2 Å². The summed E-state index contributed by atoms with van der Waals surface area (Å²) in [4.78, 5) is 13.6. The van der Waals surface area contributed by atoms with Crippen LogP contribution in [0.2, 0.25) is 5.02 Å². The van der Waals surface area contributed by atoms with E-state index >= 15 is 0 Å². The molecule has 2 N–H and O–H groups in total. The molecule has 4 rings (SSSR count). The molecular weight excluding hydrogens is 398 g/mol. The molecule has 0 radical (unpaired) electrons. The van der Waals surface area contributed by atoms with Crippen LogP contribution in [0.3, 0.4) is 0 Å². The highest BCUT2D eigenvalue weighted by molar-refractivity contribution is 6.31. The Bertz CT molecular complexity index is 812. The van der Waals surface area contributed by atoms with Gasteiger partial charge in [-0.1, -0.05) is 29.8 Å². The maximum Gasteiger partial charge on any atom is 0.134 e. The van der Waals surface area contributed by atoms with Crippen molar-refractivity contribution in [1.82, 2.24) is 14.9 Å². The van der Waals surface area contributed by atoms with E-state index in [1.165, 1.54) is 18.4 Å². The summed E-state index contributed by atoms with van der Waals surface area (Å²) in [6.45, 7) is 6.19. The van der Waals surface area contributed by atoms with Gasteiger partial charge in [-0.15, -0.1) is 0 Å². The third-order valence-corrected chi connectivity index (χ3v) is 6.75. The molecule has 6 nitrogen and oxygen atoms in total. The van der Waals surface area contributed by atoms with Crippen molar-refractivity contribution in [3.63, 3.8) is 0 Å². The van der Waals surface area contributed by atoms with Crippen molar-refractivity contribution in [2.75, 3.05) is 49.5 Å². The minimum atomic E-state index is 0.252. The van der Waals surface area contributed by atoms with Crippen molar-refractivity contribution in [3.05, 3.63) is 47.2 Å². The average molecular weight is 430 g/mol. The number of benzene rings is 1. The first-order valence-electron chi connectivity index (χ1n) is 11.1. The smallest absolute Gasteiger partial charge is 0.134 e. The van der Waals surface area contributed by atoms with E-state index in [1.807, 2.05) is 18.2 Å². The summed E-state index contributed by atoms with van der Waals surface area (Å²) in [7, 11) is 0. The first-order chi connectivity index (χ1) is 14.7. The third-order valence-electron chi connectivity index (χ3n) is 6.38. The minimum Gasteiger partial charge on any atom is -0.396 e. The zero-order valence-corrected chi connectivity index (χ0v) is 18.3. The van der Waals surface area contributed by atoms with E-state index in [0.29, 0.717) is 11.8 Å². The van der Waals surface area contributed by atoms with Gasteiger partial charge in [0, 0.05) is 43.9 Å². The predicted octanol–water partition coefficient (Wildman–Crippen LogP) is 3.66. The maximum absolute atomic E-state index is 9.47. The molecule has 2 aromatic rings. The van der Waals surface area contributed by atoms with E-state index in [1.54, 1.807) is 6.33 Å². The van der Waals surface area contributed by atoms with Gasteiger partial charge in [0.1, 0.15) is 18.0 Å². The standard InChI is InChI=1S/C23H32ClN5O/c24-21-6-2-1-5-20(21)15-28-10-7-18(8-11-28)13-25-22-12-23(27-17-26-22)29-9-3-4-19(14-29)16-30/h1-2,5-6,12,17-19,30H,3-4,7-11,13-16H2,(H,25,26,27). The van der Waals surface area contributed by atoms with E-state index in [0.717, 1.165) is 68.8 Å². The molecule has 162 valence electrons. The Kier molecular flexibility index (Phi) is 7.42. The summed E-state index contributed by atoms with van der Waals surface area (Å²) in [5.74, 6) is 2.85. The lowest BCUT2D eigenvalue weighted by Gasteiger charge is -2.33. The van der Waals surface area contributed by atoms with Crippen molar-refractivity contribution in [3.8, 4) is 0 Å². The molecule has 2 saturated heterocycles. The molecule has 3 heterocycles. The average Bonchev–Trinajstić information content (AvgIpc) is 2.80. The molecule has 2 fully saturated rings. The second kappa shape index (κ2) is 10.4. The molecule has 0 bridgehead atoms. The van der Waals surface area contributed by atoms with Gasteiger partial charge in [0.05, 0.1) is 0 Å². The molecule has 30 heavy (non-hydrogen) atoms. The van der Waals surface area contributed by atoms with Crippen molar-refractivity contribution < 1.29 is 5.11 Å². The summed E-state index contributed by atoms with van der Waals surface area (Å²) < 4.78 is 0. The predicted molar refractivity (Wildman–Crippen MR) is 122 cm³/mol. The van der Waals surface area contributed by atoms with Crippen molar-refractivity contribution in [1.29, 1.82) is 0 Å². The normalized spacial score (nSPS) is 21.0. The minimum absolute atomic E-state index is 0.252. The maximum atomic E-state index is 9.47. The molecule has 7 heteroatoms. The van der Waals surface area contributed by atoms with Crippen LogP contribution < -0.4 is 10.2 Å². The van der Waals surface area contributed by atoms with Crippen LogP contribution in [0.15, 0.2) is 36.7 Å². The number of nitrogens with zero attached hydrogens (tertiary/aromatic N) is 4. The first kappa shape index (κ1) is 21.3. The number of likely N-dealkylation sites (tertiary alicyclic amines) is 1. The van der Waals surface area contributed by atoms with Gasteiger partial charge in [-0.25, -0.2) is 9.97 Å². The molecule has 1 aromatic carbocycles. The molecule has 0 aliphatic carbocycles. The molecule has 1 atom stereocenters. The second-order valence-corrected chi connectivity index (χ2v) is 9.00. The number of piperidine rings is 2. The highest BCUT2D eigenvalue weighted by Gasteiger charge is 2.22. The topological polar surface area (TPSA) is 64.5 Å². The van der Waals surface area contributed by atoms with E-state index in [9.17, 15) is 5.11 Å². The van der Waals surface area contributed by atoms with Crippen LogP contribution in [0, 0.1) is 11.8 Å². The Balaban J connectivity index is 1.24. The Labute approximate surface area is 184 Å². The number of aromatic nitrogens is 2. The van der Waals surface area contributed by atoms with Crippen LogP contribution in [-0.4, -0.2) is 59.3 Å². The molecular formula is C23H32ClN5O. The summed E-state index contributed by atoms with van der Waals surface area (Å²) in [5, 5.41) is 13.9. The van der Waals surface area contributed by atoms with Gasteiger partial charge in [0.25, 0.3) is 0 Å². The Morgan fingerprint density at radius 2 is 1.90 bits per heavy atom. The molecule has 0 spiro atoms. The molecule has 1 aromatic heterocycles. The highest BCUT2D eigenvalue weighted by Crippen LogP contribution is 2.24. The molecule has 2 aliphatic heterocycles. The van der Waals surface area contributed by atoms with Gasteiger partial charge in [0.2, 0.25) is 0 Å². The van der Waals surface area contributed by atoms with Gasteiger partial charge in [0.15, 0.2) is 0 Å². The number of aliphatic hydroxyl groups excluding tert-OH is 1. The van der Waals surface area contributed by atoms with Gasteiger partial charge >= 0.3 is 0 Å². The zero-order chi connectivity index (χ0) is 20.8. The van der Waals surface area contributed by atoms with Crippen molar-refractivity contribution >= 4 is 23.2 Å². The number of rotatable bonds is 7. The largest absolute Gasteiger partial charge is 0.396 e. The fourth-order valence-electron chi connectivity index (χ4n) is 4.50. The zero-order valence-electron chi connectivity index (χ0n) is 17.5. The number of hydrogen-bond acceptors (Lipinski definition) is 6. The van der Waals surface area contributed by atoms with Crippen LogP contribution in [-0.2, 0) is 6.54 Å². The third kappa shape index (κ3) is 5.62. The van der Waals surface area contributed by atoms with Crippen LogP contribution in [0.4, 0.5) is 11.6 Å². The number of hydrogen-bond donors (Lipinski definition) is 2. The van der Waals surface area contributed by atoms with Crippen LogP contribution in [0.1, 0.15) is 31.2 Å². The summed E-state index contributed by atoms with van der Waals surface area (Å²) in [5.41, 5.74) is 1.21. The summed E-state index contributed by atoms with van der Waals surface area (Å²) in [6, 6.07) is 10.2. The summed E-state index contributed by atoms with van der Waals surface area (Å²) in [6.07, 6.45) is 6.20. The lowest BCUT2D eigenvalue weighted by Crippen LogP contribution is -2.37. The van der Waals surface area contributed by atoms with E-state index < -0.39 is 0 Å². The monoisotopic (exact) mass is 429 g/mol. The van der Waals surface area contributed by atoms with Gasteiger partial charge in [-0.2, -0.15) is 0 Å². The quantitative estimate of drug-likeness (QED) is 0.700. The van der Waals surface area contributed by atoms with Gasteiger partial charge in [-0.05, 0) is 62.2 Å². The van der Waals surface area contributed by atoms with E-state index in [-0.39, 0.29) is 6.61 Å². The number of aliphatic hydroxyl groups is 1. The first-order valence-corrected chi connectivity index (χ1v) is 11.5. The van der Waals surface area contributed by atoms with Crippen LogP contribution in [0.5, 0.6) is 0 Å². The molecule has 0 amide bonds. The molecule has 2 aliphatic rings. The second-order valence-electron chi connectivity index (χ2n) is 8.59. The molecule has 1 unspecified atom stereocenters. The lowest BCUT2D eigenvalue weighted by atomic mass is 9.96. The fraction of sp³-hybridized carbons (Fsp3) is 0.565. The number of nitrogens with one attached hydrogen (secondary N) is 1. The van der Waals surface area contributed by atoms with E-state index in [4.69, 9.17) is 11.6 Å².